The second-order valence-corrected chi connectivity index (χ2v) is 9.14. The molecule has 1 aromatic carbocycles. The summed E-state index contributed by atoms with van der Waals surface area (Å²) in [5.41, 5.74) is 0.438. The summed E-state index contributed by atoms with van der Waals surface area (Å²) in [4.78, 5) is 26.4. The minimum absolute atomic E-state index is 0.0421. The monoisotopic (exact) mass is 463 g/mol. The van der Waals surface area contributed by atoms with Crippen molar-refractivity contribution in [3.8, 4) is 0 Å². The Hall–Kier alpha value is -2.39. The zero-order chi connectivity index (χ0) is 21.8. The zero-order valence-electron chi connectivity index (χ0n) is 16.8. The largest absolute Gasteiger partial charge is 0.355 e. The van der Waals surface area contributed by atoms with Crippen molar-refractivity contribution >= 4 is 46.7 Å². The maximum atomic E-state index is 13.2. The zero-order valence-corrected chi connectivity index (χ0v) is 18.4. The van der Waals surface area contributed by atoms with Crippen LogP contribution in [-0.4, -0.2) is 46.9 Å². The molecule has 1 saturated carbocycles. The van der Waals surface area contributed by atoms with Crippen LogP contribution in [0.3, 0.4) is 0 Å². The van der Waals surface area contributed by atoms with Gasteiger partial charge in [0.2, 0.25) is 11.8 Å². The highest BCUT2D eigenvalue weighted by Gasteiger charge is 2.30. The first-order valence-corrected chi connectivity index (χ1v) is 11.6. The first kappa shape index (κ1) is 21.8. The fraction of sp³-hybridized carbons (Fsp3) is 0.429. The van der Waals surface area contributed by atoms with Gasteiger partial charge in [0.15, 0.2) is 5.82 Å². The molecule has 7 nitrogen and oxygen atoms in total. The Morgan fingerprint density at radius 3 is 2.55 bits per heavy atom. The van der Waals surface area contributed by atoms with Crippen LogP contribution in [0, 0.1) is 11.7 Å². The van der Waals surface area contributed by atoms with E-state index in [9.17, 15) is 14.0 Å². The van der Waals surface area contributed by atoms with Crippen molar-refractivity contribution in [2.24, 2.45) is 5.92 Å². The van der Waals surface area contributed by atoms with Crippen LogP contribution in [0.1, 0.15) is 25.7 Å². The number of carbonyl (C=O) groups is 2. The summed E-state index contributed by atoms with van der Waals surface area (Å²) in [6.45, 7) is 1.54. The Kier molecular flexibility index (Phi) is 6.92. The van der Waals surface area contributed by atoms with Crippen molar-refractivity contribution in [3.63, 3.8) is 0 Å². The van der Waals surface area contributed by atoms with Crippen molar-refractivity contribution in [1.29, 1.82) is 0 Å². The summed E-state index contributed by atoms with van der Waals surface area (Å²) < 4.78 is 13.2. The SMILES string of the molecule is O=C(CSc1ccc(N2CCC(C(=O)NC3CC3)CC2)nn1)Nc1ccc(F)c(Cl)c1. The molecule has 2 amide bonds. The lowest BCUT2D eigenvalue weighted by molar-refractivity contribution is -0.125. The van der Waals surface area contributed by atoms with E-state index in [1.807, 2.05) is 12.1 Å². The van der Waals surface area contributed by atoms with E-state index in [-0.39, 0.29) is 28.5 Å². The topological polar surface area (TPSA) is 87.2 Å². The van der Waals surface area contributed by atoms with Crippen molar-refractivity contribution in [2.45, 2.75) is 36.8 Å². The van der Waals surface area contributed by atoms with Crippen LogP contribution in [0.4, 0.5) is 15.9 Å². The van der Waals surface area contributed by atoms with Gasteiger partial charge in [-0.3, -0.25) is 9.59 Å². The summed E-state index contributed by atoms with van der Waals surface area (Å²) in [6.07, 6.45) is 3.83. The van der Waals surface area contributed by atoms with Gasteiger partial charge in [-0.15, -0.1) is 10.2 Å². The van der Waals surface area contributed by atoms with Crippen LogP contribution in [0.15, 0.2) is 35.4 Å². The van der Waals surface area contributed by atoms with E-state index in [2.05, 4.69) is 25.7 Å². The molecule has 0 atom stereocenters. The molecule has 10 heteroatoms. The number of nitrogens with one attached hydrogen (secondary N) is 2. The lowest BCUT2D eigenvalue weighted by Crippen LogP contribution is -2.41. The number of piperidine rings is 1. The number of hydrogen-bond donors (Lipinski definition) is 2. The number of rotatable bonds is 7. The summed E-state index contributed by atoms with van der Waals surface area (Å²) in [5, 5.41) is 14.8. The Labute approximate surface area is 189 Å². The molecule has 4 rings (SSSR count). The van der Waals surface area contributed by atoms with Gasteiger partial charge >= 0.3 is 0 Å². The smallest absolute Gasteiger partial charge is 0.234 e. The second-order valence-electron chi connectivity index (χ2n) is 7.74. The molecule has 0 unspecified atom stereocenters. The van der Waals surface area contributed by atoms with Crippen molar-refractivity contribution in [2.75, 3.05) is 29.1 Å². The lowest BCUT2D eigenvalue weighted by atomic mass is 9.96. The van der Waals surface area contributed by atoms with Gasteiger partial charge in [-0.05, 0) is 56.0 Å². The molecule has 1 saturated heterocycles. The van der Waals surface area contributed by atoms with Crippen LogP contribution in [0.2, 0.25) is 5.02 Å². The number of hydrogen-bond acceptors (Lipinski definition) is 6. The second kappa shape index (κ2) is 9.82. The molecule has 164 valence electrons. The van der Waals surface area contributed by atoms with E-state index in [0.717, 1.165) is 44.6 Å². The average Bonchev–Trinajstić information content (AvgIpc) is 3.59. The molecule has 31 heavy (non-hydrogen) atoms. The number of benzene rings is 1. The third-order valence-corrected chi connectivity index (χ3v) is 6.50. The van der Waals surface area contributed by atoms with Crippen LogP contribution >= 0.6 is 23.4 Å². The van der Waals surface area contributed by atoms with Gasteiger partial charge in [0.25, 0.3) is 0 Å². The Balaban J connectivity index is 1.22. The van der Waals surface area contributed by atoms with E-state index in [4.69, 9.17) is 11.6 Å². The van der Waals surface area contributed by atoms with Crippen LogP contribution < -0.4 is 15.5 Å². The molecular formula is C21H23ClFN5O2S. The molecule has 2 heterocycles. The van der Waals surface area contributed by atoms with E-state index in [1.54, 1.807) is 0 Å². The summed E-state index contributed by atoms with van der Waals surface area (Å²) in [6, 6.07) is 8.15. The molecule has 0 spiro atoms. The molecule has 1 aromatic heterocycles. The quantitative estimate of drug-likeness (QED) is 0.611. The molecule has 2 fully saturated rings. The van der Waals surface area contributed by atoms with E-state index in [1.165, 1.54) is 30.0 Å². The summed E-state index contributed by atoms with van der Waals surface area (Å²) >= 11 is 6.98. The summed E-state index contributed by atoms with van der Waals surface area (Å²) in [7, 11) is 0. The molecule has 1 aliphatic carbocycles. The van der Waals surface area contributed by atoms with Crippen molar-refractivity contribution in [3.05, 3.63) is 41.2 Å². The highest BCUT2D eigenvalue weighted by Crippen LogP contribution is 2.25. The first-order chi connectivity index (χ1) is 15.0. The van der Waals surface area contributed by atoms with Gasteiger partial charge in [-0.2, -0.15) is 0 Å². The van der Waals surface area contributed by atoms with Gasteiger partial charge in [-0.1, -0.05) is 23.4 Å². The maximum Gasteiger partial charge on any atom is 0.234 e. The van der Waals surface area contributed by atoms with Gasteiger partial charge in [0.05, 0.1) is 10.8 Å². The maximum absolute atomic E-state index is 13.2. The standard InChI is InChI=1S/C21H23ClFN5O2S/c22-16-11-15(3-4-17(16)23)24-19(29)12-31-20-6-5-18(26-27-20)28-9-7-13(8-10-28)21(30)25-14-1-2-14/h3-6,11,13-14H,1-2,7-10,12H2,(H,24,29)(H,25,30). The van der Waals surface area contributed by atoms with Crippen LogP contribution in [-0.2, 0) is 9.59 Å². The van der Waals surface area contributed by atoms with Crippen LogP contribution in [0.5, 0.6) is 0 Å². The number of carbonyl (C=O) groups excluding carboxylic acids is 2. The predicted octanol–water partition coefficient (Wildman–Crippen LogP) is 3.49. The number of amides is 2. The minimum atomic E-state index is -0.532. The summed E-state index contributed by atoms with van der Waals surface area (Å²) in [5.74, 6) is 0.399. The third-order valence-electron chi connectivity index (χ3n) is 5.29. The average molecular weight is 464 g/mol. The normalized spacial score (nSPS) is 16.8. The molecule has 0 radical (unpaired) electrons. The van der Waals surface area contributed by atoms with Gasteiger partial charge in [0.1, 0.15) is 10.8 Å². The van der Waals surface area contributed by atoms with E-state index >= 15 is 0 Å². The number of aromatic nitrogens is 2. The van der Waals surface area contributed by atoms with Crippen molar-refractivity contribution < 1.29 is 14.0 Å². The Morgan fingerprint density at radius 2 is 1.90 bits per heavy atom. The number of nitrogens with zero attached hydrogens (tertiary/aromatic N) is 3. The van der Waals surface area contributed by atoms with Crippen molar-refractivity contribution in [1.82, 2.24) is 15.5 Å². The molecule has 2 aromatic rings. The van der Waals surface area contributed by atoms with E-state index < -0.39 is 5.82 Å². The van der Waals surface area contributed by atoms with Gasteiger partial charge in [-0.25, -0.2) is 4.39 Å². The highest BCUT2D eigenvalue weighted by molar-refractivity contribution is 7.99. The fourth-order valence-corrected chi connectivity index (χ4v) is 4.18. The number of anilines is 2. The van der Waals surface area contributed by atoms with E-state index in [0.29, 0.717) is 16.8 Å². The molecule has 2 N–H and O–H groups in total. The fourth-order valence-electron chi connectivity index (χ4n) is 3.39. The molecule has 0 bridgehead atoms. The predicted molar refractivity (Wildman–Crippen MR) is 119 cm³/mol. The number of halogens is 2. The van der Waals surface area contributed by atoms with Gasteiger partial charge < -0.3 is 15.5 Å². The highest BCUT2D eigenvalue weighted by atomic mass is 35.5. The third kappa shape index (κ3) is 6.07. The molecule has 2 aliphatic rings. The van der Waals surface area contributed by atoms with Gasteiger partial charge in [0, 0.05) is 30.7 Å². The minimum Gasteiger partial charge on any atom is -0.355 e. The number of thioether (sulfide) groups is 1. The Morgan fingerprint density at radius 1 is 1.13 bits per heavy atom. The molecular weight excluding hydrogens is 441 g/mol. The van der Waals surface area contributed by atoms with Crippen LogP contribution in [0.25, 0.3) is 0 Å². The Bertz CT molecular complexity index is 949. The molecule has 1 aliphatic heterocycles. The first-order valence-electron chi connectivity index (χ1n) is 10.2. The lowest BCUT2D eigenvalue weighted by Gasteiger charge is -2.31.